The summed E-state index contributed by atoms with van der Waals surface area (Å²) in [6, 6.07) is 7.60. The Labute approximate surface area is 147 Å². The lowest BCUT2D eigenvalue weighted by Gasteiger charge is -2.19. The van der Waals surface area contributed by atoms with E-state index in [4.69, 9.17) is 4.74 Å². The van der Waals surface area contributed by atoms with Gasteiger partial charge in [-0.1, -0.05) is 32.9 Å². The van der Waals surface area contributed by atoms with Gasteiger partial charge < -0.3 is 10.1 Å². The van der Waals surface area contributed by atoms with Crippen molar-refractivity contribution in [3.8, 4) is 0 Å². The van der Waals surface area contributed by atoms with E-state index < -0.39 is 18.0 Å². The molecule has 0 radical (unpaired) electrons. The zero-order chi connectivity index (χ0) is 18.6. The monoisotopic (exact) mass is 341 g/mol. The van der Waals surface area contributed by atoms with Crippen molar-refractivity contribution in [2.24, 2.45) is 0 Å². The van der Waals surface area contributed by atoms with Gasteiger partial charge in [0.1, 0.15) is 0 Å². The molecule has 0 saturated heterocycles. The summed E-state index contributed by atoms with van der Waals surface area (Å²) in [5.74, 6) is -1.09. The number of carbonyl (C=O) groups excluding carboxylic acids is 2. The Kier molecular flexibility index (Phi) is 5.51. The van der Waals surface area contributed by atoms with Crippen LogP contribution in [0.1, 0.15) is 49.4 Å². The number of carbonyl (C=O) groups is 2. The number of benzene rings is 1. The molecule has 0 bridgehead atoms. The van der Waals surface area contributed by atoms with E-state index in [0.717, 1.165) is 0 Å². The molecular formula is C19H23N3O3. The van der Waals surface area contributed by atoms with Gasteiger partial charge in [-0.3, -0.25) is 9.78 Å². The first kappa shape index (κ1) is 18.6. The molecule has 25 heavy (non-hydrogen) atoms. The maximum atomic E-state index is 12.2. The van der Waals surface area contributed by atoms with Crippen LogP contribution in [0.4, 0.5) is 5.69 Å². The number of amides is 1. The number of rotatable bonds is 4. The summed E-state index contributed by atoms with van der Waals surface area (Å²) in [5.41, 5.74) is 2.63. The number of ether oxygens (including phenoxy) is 1. The van der Waals surface area contributed by atoms with E-state index in [-0.39, 0.29) is 11.1 Å². The van der Waals surface area contributed by atoms with Gasteiger partial charge in [-0.2, -0.15) is 0 Å². The summed E-state index contributed by atoms with van der Waals surface area (Å²) in [6.07, 6.45) is 1.85. The molecule has 0 spiro atoms. The molecule has 1 N–H and O–H groups in total. The van der Waals surface area contributed by atoms with Crippen molar-refractivity contribution in [1.82, 2.24) is 9.97 Å². The fourth-order valence-corrected chi connectivity index (χ4v) is 2.07. The third-order valence-corrected chi connectivity index (χ3v) is 3.66. The van der Waals surface area contributed by atoms with Crippen molar-refractivity contribution in [2.75, 3.05) is 5.32 Å². The average molecular weight is 341 g/mol. The molecule has 2 aromatic rings. The normalized spacial score (nSPS) is 12.4. The SMILES string of the molecule is Cc1cnc(C(=O)O[C@H](C)C(=O)Nc2ccc(C(C)(C)C)cc2)cn1. The van der Waals surface area contributed by atoms with E-state index in [1.54, 1.807) is 6.92 Å². The largest absolute Gasteiger partial charge is 0.448 e. The molecule has 1 aromatic heterocycles. The molecule has 1 heterocycles. The number of nitrogens with one attached hydrogen (secondary N) is 1. The van der Waals surface area contributed by atoms with Crippen LogP contribution in [0.3, 0.4) is 0 Å². The molecule has 0 unspecified atom stereocenters. The highest BCUT2D eigenvalue weighted by atomic mass is 16.5. The lowest BCUT2D eigenvalue weighted by Crippen LogP contribution is -2.30. The van der Waals surface area contributed by atoms with Crippen molar-refractivity contribution in [3.63, 3.8) is 0 Å². The van der Waals surface area contributed by atoms with E-state index in [0.29, 0.717) is 11.4 Å². The van der Waals surface area contributed by atoms with Crippen molar-refractivity contribution in [1.29, 1.82) is 0 Å². The van der Waals surface area contributed by atoms with Crippen LogP contribution in [-0.4, -0.2) is 27.9 Å². The second-order valence-electron chi connectivity index (χ2n) is 6.91. The van der Waals surface area contributed by atoms with E-state index in [1.807, 2.05) is 24.3 Å². The maximum absolute atomic E-state index is 12.2. The van der Waals surface area contributed by atoms with Gasteiger partial charge >= 0.3 is 5.97 Å². The van der Waals surface area contributed by atoms with Crippen LogP contribution in [-0.2, 0) is 14.9 Å². The number of hydrogen-bond donors (Lipinski definition) is 1. The quantitative estimate of drug-likeness (QED) is 0.863. The van der Waals surface area contributed by atoms with Gasteiger partial charge in [0, 0.05) is 11.9 Å². The Morgan fingerprint density at radius 2 is 1.72 bits per heavy atom. The molecule has 0 fully saturated rings. The first-order valence-electron chi connectivity index (χ1n) is 8.08. The summed E-state index contributed by atoms with van der Waals surface area (Å²) >= 11 is 0. The molecule has 0 aliphatic heterocycles. The predicted octanol–water partition coefficient (Wildman–Crippen LogP) is 3.27. The summed E-state index contributed by atoms with van der Waals surface area (Å²) in [7, 11) is 0. The number of aromatic nitrogens is 2. The van der Waals surface area contributed by atoms with Crippen LogP contribution in [0.25, 0.3) is 0 Å². The van der Waals surface area contributed by atoms with Crippen molar-refractivity contribution in [2.45, 2.75) is 46.1 Å². The van der Waals surface area contributed by atoms with Crippen LogP contribution in [0.5, 0.6) is 0 Å². The summed E-state index contributed by atoms with van der Waals surface area (Å²) in [4.78, 5) is 32.1. The minimum atomic E-state index is -0.946. The van der Waals surface area contributed by atoms with Crippen LogP contribution in [0, 0.1) is 6.92 Å². The standard InChI is InChI=1S/C19H23N3O3/c1-12-10-21-16(11-20-12)18(24)25-13(2)17(23)22-15-8-6-14(7-9-15)19(3,4)5/h6-11,13H,1-5H3,(H,22,23)/t13-/m1/s1. The number of hydrogen-bond acceptors (Lipinski definition) is 5. The number of esters is 1. The van der Waals surface area contributed by atoms with E-state index in [1.165, 1.54) is 24.9 Å². The second-order valence-corrected chi connectivity index (χ2v) is 6.91. The van der Waals surface area contributed by atoms with Gasteiger partial charge in [0.25, 0.3) is 5.91 Å². The summed E-state index contributed by atoms with van der Waals surface area (Å²) < 4.78 is 5.13. The zero-order valence-electron chi connectivity index (χ0n) is 15.2. The molecule has 0 aliphatic carbocycles. The van der Waals surface area contributed by atoms with Gasteiger partial charge in [-0.15, -0.1) is 0 Å². The van der Waals surface area contributed by atoms with Gasteiger partial charge in [0.05, 0.1) is 11.9 Å². The smallest absolute Gasteiger partial charge is 0.359 e. The zero-order valence-corrected chi connectivity index (χ0v) is 15.2. The van der Waals surface area contributed by atoms with Crippen molar-refractivity contribution < 1.29 is 14.3 Å². The van der Waals surface area contributed by atoms with E-state index in [9.17, 15) is 9.59 Å². The first-order valence-corrected chi connectivity index (χ1v) is 8.08. The van der Waals surface area contributed by atoms with Gasteiger partial charge in [0.2, 0.25) is 0 Å². The molecule has 6 heteroatoms. The highest BCUT2D eigenvalue weighted by Gasteiger charge is 2.20. The third kappa shape index (κ3) is 5.11. The van der Waals surface area contributed by atoms with Crippen LogP contribution in [0.15, 0.2) is 36.7 Å². The Bertz CT molecular complexity index is 747. The van der Waals surface area contributed by atoms with Crippen molar-refractivity contribution >= 4 is 17.6 Å². The average Bonchev–Trinajstić information content (AvgIpc) is 2.55. The number of aryl methyl sites for hydroxylation is 1. The van der Waals surface area contributed by atoms with E-state index >= 15 is 0 Å². The van der Waals surface area contributed by atoms with E-state index in [2.05, 4.69) is 36.1 Å². The predicted molar refractivity (Wildman–Crippen MR) is 95.4 cm³/mol. The Hall–Kier alpha value is -2.76. The molecular weight excluding hydrogens is 318 g/mol. The molecule has 0 aliphatic rings. The number of anilines is 1. The third-order valence-electron chi connectivity index (χ3n) is 3.66. The van der Waals surface area contributed by atoms with Gasteiger partial charge in [-0.25, -0.2) is 9.78 Å². The topological polar surface area (TPSA) is 81.2 Å². The minimum Gasteiger partial charge on any atom is -0.448 e. The Morgan fingerprint density at radius 3 is 2.24 bits per heavy atom. The maximum Gasteiger partial charge on any atom is 0.359 e. The molecule has 132 valence electrons. The Balaban J connectivity index is 1.95. The molecule has 6 nitrogen and oxygen atoms in total. The molecule has 1 atom stereocenters. The molecule has 1 amide bonds. The van der Waals surface area contributed by atoms with Crippen LogP contribution >= 0.6 is 0 Å². The lowest BCUT2D eigenvalue weighted by molar-refractivity contribution is -0.123. The van der Waals surface area contributed by atoms with Gasteiger partial charge in [0.15, 0.2) is 11.8 Å². The molecule has 1 aromatic carbocycles. The fraction of sp³-hybridized carbons (Fsp3) is 0.368. The minimum absolute atomic E-state index is 0.0421. The highest BCUT2D eigenvalue weighted by Crippen LogP contribution is 2.23. The number of nitrogens with zero attached hydrogens (tertiary/aromatic N) is 2. The highest BCUT2D eigenvalue weighted by molar-refractivity contribution is 5.96. The summed E-state index contributed by atoms with van der Waals surface area (Å²) in [6.45, 7) is 9.64. The Morgan fingerprint density at radius 1 is 1.08 bits per heavy atom. The van der Waals surface area contributed by atoms with Crippen LogP contribution < -0.4 is 5.32 Å². The summed E-state index contributed by atoms with van der Waals surface area (Å²) in [5, 5.41) is 2.73. The lowest BCUT2D eigenvalue weighted by atomic mass is 9.87. The van der Waals surface area contributed by atoms with Crippen molar-refractivity contribution in [3.05, 3.63) is 53.6 Å². The molecule has 0 saturated carbocycles. The fourth-order valence-electron chi connectivity index (χ4n) is 2.07. The van der Waals surface area contributed by atoms with Gasteiger partial charge in [-0.05, 0) is 37.0 Å². The second kappa shape index (κ2) is 7.42. The first-order chi connectivity index (χ1) is 11.7. The van der Waals surface area contributed by atoms with Crippen LogP contribution in [0.2, 0.25) is 0 Å². The molecule has 2 rings (SSSR count).